The first-order valence-electron chi connectivity index (χ1n) is 10.6. The molecule has 0 radical (unpaired) electrons. The fraction of sp³-hybridized carbons (Fsp3) is 0.458. The topological polar surface area (TPSA) is 50.8 Å². The number of hydrogen-bond acceptors (Lipinski definition) is 4. The van der Waals surface area contributed by atoms with E-state index in [1.807, 2.05) is 37.3 Å². The lowest BCUT2D eigenvalue weighted by Gasteiger charge is -2.44. The lowest BCUT2D eigenvalue weighted by atomic mass is 9.85. The van der Waals surface area contributed by atoms with Gasteiger partial charge in [-0.3, -0.25) is 9.69 Å². The molecule has 1 N–H and O–H groups in total. The van der Waals surface area contributed by atoms with Crippen molar-refractivity contribution in [3.05, 3.63) is 65.5 Å². The van der Waals surface area contributed by atoms with Gasteiger partial charge in [0.25, 0.3) is 0 Å². The molecule has 5 nitrogen and oxygen atoms in total. The van der Waals surface area contributed by atoms with Crippen molar-refractivity contribution >= 4 is 11.6 Å². The first kappa shape index (κ1) is 21.0. The summed E-state index contributed by atoms with van der Waals surface area (Å²) in [5.41, 5.74) is 1.99. The zero-order chi connectivity index (χ0) is 21.0. The fourth-order valence-corrected chi connectivity index (χ4v) is 4.42. The van der Waals surface area contributed by atoms with Crippen LogP contribution in [-0.2, 0) is 20.9 Å². The zero-order valence-corrected chi connectivity index (χ0v) is 17.4. The molecule has 2 aromatic rings. The number of nitrogens with one attached hydrogen (secondary N) is 1. The molecule has 2 aliphatic rings. The van der Waals surface area contributed by atoms with E-state index in [1.54, 1.807) is 12.1 Å². The first-order chi connectivity index (χ1) is 14.5. The van der Waals surface area contributed by atoms with E-state index in [2.05, 4.69) is 10.2 Å². The van der Waals surface area contributed by atoms with Crippen LogP contribution in [-0.4, -0.2) is 48.8 Å². The molecule has 0 aliphatic carbocycles. The van der Waals surface area contributed by atoms with Crippen LogP contribution in [0.25, 0.3) is 0 Å². The Morgan fingerprint density at radius 1 is 1.27 bits per heavy atom. The smallest absolute Gasteiger partial charge is 0.238 e. The van der Waals surface area contributed by atoms with Gasteiger partial charge in [0, 0.05) is 19.7 Å². The zero-order valence-electron chi connectivity index (χ0n) is 17.4. The maximum Gasteiger partial charge on any atom is 0.238 e. The van der Waals surface area contributed by atoms with Crippen molar-refractivity contribution in [2.24, 2.45) is 0 Å². The standard InChI is InChI=1S/C24H29FN2O3/c1-18-8-9-20(25)21(14-18)26-23(28)16-27-12-11-24(10-5-13-30-24)22(15-27)29-17-19-6-3-2-4-7-19/h2-4,6-9,14,22H,5,10-13,15-17H2,1H3,(H,26,28)/t22-,24-/m0/s1. The molecule has 0 saturated carbocycles. The number of piperidine rings is 1. The van der Waals surface area contributed by atoms with Crippen molar-refractivity contribution in [1.29, 1.82) is 0 Å². The Bertz CT molecular complexity index is 868. The highest BCUT2D eigenvalue weighted by Crippen LogP contribution is 2.38. The number of hydrogen-bond donors (Lipinski definition) is 1. The van der Waals surface area contributed by atoms with Gasteiger partial charge in [0.1, 0.15) is 5.82 Å². The number of carbonyl (C=O) groups excluding carboxylic acids is 1. The molecular weight excluding hydrogens is 383 g/mol. The molecule has 30 heavy (non-hydrogen) atoms. The van der Waals surface area contributed by atoms with Crippen LogP contribution in [0.3, 0.4) is 0 Å². The molecule has 2 atom stereocenters. The highest BCUT2D eigenvalue weighted by atomic mass is 19.1. The van der Waals surface area contributed by atoms with E-state index in [1.165, 1.54) is 6.07 Å². The molecule has 0 unspecified atom stereocenters. The van der Waals surface area contributed by atoms with E-state index in [0.717, 1.165) is 43.5 Å². The molecule has 2 aromatic carbocycles. The van der Waals surface area contributed by atoms with Gasteiger partial charge in [0.2, 0.25) is 5.91 Å². The van der Waals surface area contributed by atoms with Crippen LogP contribution in [0.1, 0.15) is 30.4 Å². The van der Waals surface area contributed by atoms with Gasteiger partial charge in [-0.05, 0) is 49.4 Å². The number of aryl methyl sites for hydroxylation is 1. The largest absolute Gasteiger partial charge is 0.372 e. The number of likely N-dealkylation sites (tertiary alicyclic amines) is 1. The number of benzene rings is 2. The van der Waals surface area contributed by atoms with Crippen molar-refractivity contribution in [2.45, 2.75) is 44.5 Å². The van der Waals surface area contributed by atoms with Crippen LogP contribution in [0.4, 0.5) is 10.1 Å². The molecule has 2 heterocycles. The molecule has 2 fully saturated rings. The van der Waals surface area contributed by atoms with Crippen LogP contribution >= 0.6 is 0 Å². The second-order valence-electron chi connectivity index (χ2n) is 8.32. The molecule has 1 amide bonds. The second kappa shape index (κ2) is 9.25. The third kappa shape index (κ3) is 4.89. The van der Waals surface area contributed by atoms with E-state index >= 15 is 0 Å². The van der Waals surface area contributed by atoms with Crippen molar-refractivity contribution in [1.82, 2.24) is 4.90 Å². The van der Waals surface area contributed by atoms with Crippen LogP contribution in [0, 0.1) is 12.7 Å². The minimum Gasteiger partial charge on any atom is -0.372 e. The van der Waals surface area contributed by atoms with E-state index in [4.69, 9.17) is 9.47 Å². The monoisotopic (exact) mass is 412 g/mol. The SMILES string of the molecule is Cc1ccc(F)c(NC(=O)CN2CC[C@@]3(CCCO3)[C@@H](OCc3ccccc3)C2)c1. The molecule has 1 spiro atoms. The summed E-state index contributed by atoms with van der Waals surface area (Å²) in [5, 5.41) is 2.70. The Kier molecular flexibility index (Phi) is 6.46. The van der Waals surface area contributed by atoms with E-state index < -0.39 is 5.82 Å². The maximum atomic E-state index is 14.0. The van der Waals surface area contributed by atoms with Crippen molar-refractivity contribution in [3.63, 3.8) is 0 Å². The summed E-state index contributed by atoms with van der Waals surface area (Å²) in [6, 6.07) is 14.8. The maximum absolute atomic E-state index is 14.0. The number of rotatable bonds is 6. The van der Waals surface area contributed by atoms with Gasteiger partial charge < -0.3 is 14.8 Å². The van der Waals surface area contributed by atoms with Gasteiger partial charge in [0.05, 0.1) is 30.5 Å². The second-order valence-corrected chi connectivity index (χ2v) is 8.32. The summed E-state index contributed by atoms with van der Waals surface area (Å²) in [6.07, 6.45) is 2.76. The summed E-state index contributed by atoms with van der Waals surface area (Å²) < 4.78 is 26.4. The Balaban J connectivity index is 1.38. The van der Waals surface area contributed by atoms with Crippen molar-refractivity contribution in [3.8, 4) is 0 Å². The fourth-order valence-electron chi connectivity index (χ4n) is 4.42. The van der Waals surface area contributed by atoms with Crippen LogP contribution in [0.5, 0.6) is 0 Å². The summed E-state index contributed by atoms with van der Waals surface area (Å²) >= 11 is 0. The summed E-state index contributed by atoms with van der Waals surface area (Å²) in [5.74, 6) is -0.639. The Labute approximate surface area is 177 Å². The number of halogens is 1. The molecule has 4 rings (SSSR count). The third-order valence-corrected chi connectivity index (χ3v) is 6.05. The van der Waals surface area contributed by atoms with E-state index in [-0.39, 0.29) is 29.8 Å². The quantitative estimate of drug-likeness (QED) is 0.782. The van der Waals surface area contributed by atoms with Crippen molar-refractivity contribution in [2.75, 3.05) is 31.6 Å². The number of nitrogens with zero attached hydrogens (tertiary/aromatic N) is 1. The van der Waals surface area contributed by atoms with Crippen LogP contribution in [0.15, 0.2) is 48.5 Å². The number of carbonyl (C=O) groups is 1. The van der Waals surface area contributed by atoms with Gasteiger partial charge in [-0.1, -0.05) is 36.4 Å². The normalized spacial score (nSPS) is 24.3. The Morgan fingerprint density at radius 3 is 2.87 bits per heavy atom. The van der Waals surface area contributed by atoms with Gasteiger partial charge >= 0.3 is 0 Å². The van der Waals surface area contributed by atoms with E-state index in [9.17, 15) is 9.18 Å². The molecular formula is C24H29FN2O3. The number of amides is 1. The minimum absolute atomic E-state index is 0.0996. The predicted octanol–water partition coefficient (Wildman–Crippen LogP) is 3.91. The van der Waals surface area contributed by atoms with Crippen LogP contribution < -0.4 is 5.32 Å². The lowest BCUT2D eigenvalue weighted by molar-refractivity contribution is -0.159. The average molecular weight is 413 g/mol. The summed E-state index contributed by atoms with van der Waals surface area (Å²) in [7, 11) is 0. The summed E-state index contributed by atoms with van der Waals surface area (Å²) in [6.45, 7) is 4.74. The molecule has 6 heteroatoms. The lowest BCUT2D eigenvalue weighted by Crippen LogP contribution is -2.57. The van der Waals surface area contributed by atoms with Crippen LogP contribution in [0.2, 0.25) is 0 Å². The Hall–Kier alpha value is -2.28. The number of ether oxygens (including phenoxy) is 2. The number of anilines is 1. The Morgan fingerprint density at radius 2 is 2.10 bits per heavy atom. The van der Waals surface area contributed by atoms with Crippen molar-refractivity contribution < 1.29 is 18.7 Å². The predicted molar refractivity (Wildman–Crippen MR) is 114 cm³/mol. The highest BCUT2D eigenvalue weighted by molar-refractivity contribution is 5.92. The average Bonchev–Trinajstić information content (AvgIpc) is 3.21. The molecule has 160 valence electrons. The molecule has 2 saturated heterocycles. The van der Waals surface area contributed by atoms with Gasteiger partial charge in [-0.25, -0.2) is 4.39 Å². The first-order valence-corrected chi connectivity index (χ1v) is 10.6. The molecule has 2 aliphatic heterocycles. The summed E-state index contributed by atoms with van der Waals surface area (Å²) in [4.78, 5) is 14.6. The van der Waals surface area contributed by atoms with Gasteiger partial charge in [0.15, 0.2) is 0 Å². The molecule has 0 aromatic heterocycles. The van der Waals surface area contributed by atoms with E-state index in [0.29, 0.717) is 13.2 Å². The third-order valence-electron chi connectivity index (χ3n) is 6.05. The van der Waals surface area contributed by atoms with Gasteiger partial charge in [-0.15, -0.1) is 0 Å². The minimum atomic E-state index is -0.421. The van der Waals surface area contributed by atoms with Gasteiger partial charge in [-0.2, -0.15) is 0 Å². The highest BCUT2D eigenvalue weighted by Gasteiger charge is 2.47. The molecule has 0 bridgehead atoms.